The highest BCUT2D eigenvalue weighted by atomic mass is 35.5. The average Bonchev–Trinajstić information content (AvgIpc) is 1.63. The van der Waals surface area contributed by atoms with Gasteiger partial charge >= 0.3 is 43.0 Å². The van der Waals surface area contributed by atoms with Crippen LogP contribution >= 0.6 is 58.8 Å². The summed E-state index contributed by atoms with van der Waals surface area (Å²) in [7, 11) is -3.98. The minimum Gasteiger partial charge on any atom is -0.478 e. The molecule has 105 heavy (non-hydrogen) atoms. The van der Waals surface area contributed by atoms with E-state index in [2.05, 4.69) is 9.17 Å². The van der Waals surface area contributed by atoms with Crippen molar-refractivity contribution in [2.45, 2.75) is 144 Å². The number of nitrogens with two attached hydrogens (primary N) is 1. The summed E-state index contributed by atoms with van der Waals surface area (Å²) < 4.78 is 298. The van der Waals surface area contributed by atoms with Gasteiger partial charge in [-0.3, -0.25) is 18.6 Å². The molecule has 4 aromatic carbocycles. The van der Waals surface area contributed by atoms with Gasteiger partial charge in [0.05, 0.1) is 70.8 Å². The van der Waals surface area contributed by atoms with Gasteiger partial charge in [-0.1, -0.05) is 70.7 Å². The summed E-state index contributed by atoms with van der Waals surface area (Å²) in [5.41, 5.74) is 1.84. The summed E-state index contributed by atoms with van der Waals surface area (Å²) in [4.78, 5) is 48.7. The molecule has 2 saturated carbocycles. The van der Waals surface area contributed by atoms with E-state index in [1.165, 1.54) is 60.7 Å². The number of carboxylic acids is 1. The summed E-state index contributed by atoms with van der Waals surface area (Å²) in [6.45, 7) is -5.71. The van der Waals surface area contributed by atoms with Crippen LogP contribution in [0.5, 0.6) is 0 Å². The van der Waals surface area contributed by atoms with Crippen molar-refractivity contribution in [3.8, 4) is 0 Å². The number of hydrogen-bond donors (Lipinski definition) is 5. The zero-order valence-corrected chi connectivity index (χ0v) is 57.8. The molecular formula is C62H56Cl5F22N5O10S. The number of Topliss-reactive ketones (excluding diaryl/α,β-unsaturated/α-hetero) is 3. The maximum absolute atomic E-state index is 13.3. The van der Waals surface area contributed by atoms with Gasteiger partial charge in [0, 0.05) is 96.1 Å². The fourth-order valence-electron chi connectivity index (χ4n) is 10.3. The zero-order valence-electron chi connectivity index (χ0n) is 53.1. The Morgan fingerprint density at radius 1 is 0.505 bits per heavy atom. The molecule has 2 aliphatic carbocycles. The molecule has 0 bridgehead atoms. The molecule has 43 heteroatoms. The highest BCUT2D eigenvalue weighted by Gasteiger charge is 2.45. The van der Waals surface area contributed by atoms with Crippen LogP contribution in [0.25, 0.3) is 43.6 Å². The molecule has 0 unspecified atom stereocenters. The fraction of sp³-hybridized carbons (Fsp3) is 0.419. The number of ketones is 3. The Morgan fingerprint density at radius 2 is 0.838 bits per heavy atom. The molecule has 0 amide bonds. The van der Waals surface area contributed by atoms with Crippen molar-refractivity contribution in [3.05, 3.63) is 140 Å². The third-order valence-corrected chi connectivity index (χ3v) is 17.1. The number of carbonyl (C=O) groups is 4. The Balaban J connectivity index is 0.000000275. The summed E-state index contributed by atoms with van der Waals surface area (Å²) in [5.74, 6) is -11.3. The summed E-state index contributed by atoms with van der Waals surface area (Å²) in [6.07, 6.45) is -25.6. The van der Waals surface area contributed by atoms with Gasteiger partial charge in [0.25, 0.3) is 21.7 Å². The van der Waals surface area contributed by atoms with Crippen LogP contribution < -0.4 is 5.73 Å². The van der Waals surface area contributed by atoms with Crippen LogP contribution in [0.3, 0.4) is 0 Å². The van der Waals surface area contributed by atoms with Gasteiger partial charge in [-0.05, 0) is 80.6 Å². The number of aliphatic hydroxyl groups is 2. The van der Waals surface area contributed by atoms with Crippen molar-refractivity contribution in [2.75, 3.05) is 19.4 Å². The van der Waals surface area contributed by atoms with Crippen molar-refractivity contribution >= 4 is 136 Å². The van der Waals surface area contributed by atoms with Gasteiger partial charge in [0.1, 0.15) is 19.6 Å². The number of rotatable bonds is 13. The lowest BCUT2D eigenvalue weighted by atomic mass is 9.79. The van der Waals surface area contributed by atoms with Crippen LogP contribution in [-0.2, 0) is 33.9 Å². The van der Waals surface area contributed by atoms with Gasteiger partial charge in [-0.25, -0.2) is 22.4 Å². The number of aromatic nitrogens is 4. The Labute approximate surface area is 604 Å². The molecule has 0 atom stereocenters. The Kier molecular flexibility index (Phi) is 29.9. The predicted octanol–water partition coefficient (Wildman–Crippen LogP) is 19.3. The number of aromatic carboxylic acids is 1. The third-order valence-electron chi connectivity index (χ3n) is 15.3. The number of alkyl halides is 22. The predicted molar refractivity (Wildman–Crippen MR) is 343 cm³/mol. The summed E-state index contributed by atoms with van der Waals surface area (Å²) in [5, 5.41) is 29.1. The summed E-state index contributed by atoms with van der Waals surface area (Å²) in [6, 6.07) is 17.0. The average molecular weight is 1660 g/mol. The van der Waals surface area contributed by atoms with Crippen molar-refractivity contribution < 1.29 is 144 Å². The number of fused-ring (bicyclic) bond motifs is 4. The van der Waals surface area contributed by atoms with Crippen LogP contribution in [-0.4, -0.2) is 145 Å². The first-order valence-corrected chi connectivity index (χ1v) is 32.7. The molecule has 15 nitrogen and oxygen atoms in total. The third kappa shape index (κ3) is 26.8. The molecular weight excluding hydrogens is 1600 g/mol. The molecule has 0 radical (unpaired) electrons. The van der Waals surface area contributed by atoms with E-state index < -0.39 is 144 Å². The molecule has 6 N–H and O–H groups in total. The first-order valence-electron chi connectivity index (χ1n) is 29.4. The van der Waals surface area contributed by atoms with E-state index in [9.17, 15) is 134 Å². The number of carboxylic acid groups (broad SMARTS) is 1. The summed E-state index contributed by atoms with van der Waals surface area (Å²) >= 11 is 23.4. The second-order valence-electron chi connectivity index (χ2n) is 23.5. The van der Waals surface area contributed by atoms with Crippen molar-refractivity contribution in [3.63, 3.8) is 0 Å². The molecule has 2 aliphatic rings. The number of aromatic amines is 1. The van der Waals surface area contributed by atoms with Gasteiger partial charge in [-0.15, -0.1) is 12.4 Å². The van der Waals surface area contributed by atoms with Gasteiger partial charge in [0.15, 0.2) is 12.4 Å². The topological polar surface area (TPSA) is 229 Å². The van der Waals surface area contributed by atoms with Crippen LogP contribution in [0.2, 0.25) is 20.1 Å². The number of nitrogens with zero attached hydrogens (tertiary/aromatic N) is 3. The van der Waals surface area contributed by atoms with Crippen LogP contribution in [0.15, 0.2) is 97.6 Å². The van der Waals surface area contributed by atoms with E-state index in [0.29, 0.717) is 22.5 Å². The maximum Gasteiger partial charge on any atom is 0.454 e. The second kappa shape index (κ2) is 34.6. The highest BCUT2D eigenvalue weighted by Crippen LogP contribution is 2.43. The van der Waals surface area contributed by atoms with E-state index in [1.54, 1.807) is 12.1 Å². The lowest BCUT2D eigenvalue weighted by Gasteiger charge is -2.35. The Hall–Kier alpha value is -6.78. The minimum absolute atomic E-state index is 0. The quantitative estimate of drug-likeness (QED) is 0.0414. The minimum atomic E-state index is -5.20. The maximum atomic E-state index is 13.3. The molecule has 584 valence electrons. The molecule has 8 aromatic rings. The number of halogens is 27. The van der Waals surface area contributed by atoms with E-state index in [4.69, 9.17) is 57.2 Å². The first kappa shape index (κ1) is 90.6. The van der Waals surface area contributed by atoms with E-state index in [1.807, 2.05) is 0 Å². The van der Waals surface area contributed by atoms with Crippen molar-refractivity contribution in [1.29, 1.82) is 0 Å². The molecule has 4 heterocycles. The highest BCUT2D eigenvalue weighted by molar-refractivity contribution is 7.86. The molecule has 10 rings (SSSR count). The van der Waals surface area contributed by atoms with Crippen molar-refractivity contribution in [1.82, 2.24) is 18.7 Å². The van der Waals surface area contributed by atoms with Crippen LogP contribution in [0.4, 0.5) is 96.6 Å². The van der Waals surface area contributed by atoms with E-state index in [-0.39, 0.29) is 140 Å². The van der Waals surface area contributed by atoms with Crippen LogP contribution in [0.1, 0.15) is 106 Å². The normalized spacial score (nSPS) is 15.8. The van der Waals surface area contributed by atoms with Crippen molar-refractivity contribution in [2.24, 2.45) is 5.73 Å². The largest absolute Gasteiger partial charge is 0.478 e. The van der Waals surface area contributed by atoms with E-state index in [0.717, 1.165) is 27.7 Å². The van der Waals surface area contributed by atoms with Gasteiger partial charge in [0.2, 0.25) is 11.8 Å². The smallest absolute Gasteiger partial charge is 0.454 e. The molecule has 2 fully saturated rings. The Bertz CT molecular complexity index is 4470. The molecule has 0 aliphatic heterocycles. The fourth-order valence-corrected chi connectivity index (χ4v) is 11.8. The molecule has 0 spiro atoms. The zero-order chi connectivity index (χ0) is 79.1. The number of benzene rings is 4. The Morgan fingerprint density at radius 3 is 1.18 bits per heavy atom. The number of H-pyrrole nitrogens is 1. The number of hydrogen-bond acceptors (Lipinski definition) is 10. The van der Waals surface area contributed by atoms with E-state index >= 15 is 0 Å². The SMILES string of the molecule is CS(=O)(=O)OCC(F)(F)F.Cl.NCC1(O)CCC(F)(F)CC1.O=C(CCC1(O)CCC(F)(F)CC1)c1cn(CC(F)(F)F)c2cccc(Cl)c12.O=C(O)c1cn(CC(F)(F)F)c2cccc(Cl)c12.O=C(c1c[nH]c2cccc(Cl)c12)C(F)(F)F.O=C(c1cn(CC(F)(F)F)c2cccc(Cl)c12)C(F)(F)F. The molecule has 4 aromatic heterocycles. The second-order valence-corrected chi connectivity index (χ2v) is 26.7. The lowest BCUT2D eigenvalue weighted by Crippen LogP contribution is -2.44. The van der Waals surface area contributed by atoms with Gasteiger partial charge in [-0.2, -0.15) is 87.4 Å². The lowest BCUT2D eigenvalue weighted by molar-refractivity contribution is -0.152. The number of carbonyl (C=O) groups excluding carboxylic acids is 3. The molecule has 0 saturated heterocycles. The van der Waals surface area contributed by atoms with Gasteiger partial charge < -0.3 is 39.7 Å². The monoisotopic (exact) mass is 1660 g/mol. The van der Waals surface area contributed by atoms with Crippen LogP contribution in [0, 0.1) is 0 Å². The number of nitrogens with one attached hydrogen (secondary N) is 1. The first-order chi connectivity index (χ1) is 47.3. The standard InChI is InChI=1S/C19H19ClF5NO2.C12H6ClF6NO.C11H7ClF3NO2.C10H5ClF3NO.C7H13F2NO.C3H5F3O3S.ClH/c20-13-2-1-3-14-16(13)12(10-26(14)11-19(23,24)25)15(27)4-5-17(28)6-8-18(21,22)9-7-17;13-7-2-1-3-8-9(7)6(10(21)12(17,18)19)4-20(8)5-11(14,15)16;12-7-2-1-3-8-9(7)6(10(17)18)4-16(8)5-11(13,14)15;11-6-2-1-3-7-8(6)5(4-15-7)9(16)10(12,13)14;8-7(9)3-1-6(11,5-10)2-4-7;1-10(7,8)9-2-3(4,5)6;/h1-3,10,28H,4-9,11H2;1-4H,5H2;1-4H,5H2,(H,17,18);1-4,15H;11H,1-5,10H2;2H2,1H3;1H.